The van der Waals surface area contributed by atoms with Crippen LogP contribution >= 0.6 is 0 Å². The van der Waals surface area contributed by atoms with E-state index in [4.69, 9.17) is 4.42 Å². The van der Waals surface area contributed by atoms with E-state index in [2.05, 4.69) is 14.8 Å². The quantitative estimate of drug-likeness (QED) is 0.762. The van der Waals surface area contributed by atoms with Crippen LogP contribution in [0.3, 0.4) is 0 Å². The van der Waals surface area contributed by atoms with Crippen molar-refractivity contribution in [2.24, 2.45) is 0 Å². The minimum absolute atomic E-state index is 0.229. The third-order valence-electron chi connectivity index (χ3n) is 4.90. The van der Waals surface area contributed by atoms with Gasteiger partial charge in [0.15, 0.2) is 0 Å². The van der Waals surface area contributed by atoms with Crippen molar-refractivity contribution in [3.8, 4) is 11.5 Å². The van der Waals surface area contributed by atoms with Crippen molar-refractivity contribution in [2.45, 2.75) is 20.4 Å². The van der Waals surface area contributed by atoms with Gasteiger partial charge in [-0.3, -0.25) is 14.6 Å². The Hall–Kier alpha value is -2.18. The summed E-state index contributed by atoms with van der Waals surface area (Å²) in [6.45, 7) is 10.6. The number of piperazine rings is 1. The zero-order valence-electron chi connectivity index (χ0n) is 15.7. The molecule has 1 saturated heterocycles. The van der Waals surface area contributed by atoms with E-state index in [-0.39, 0.29) is 5.91 Å². The molecule has 140 valence electrons. The Morgan fingerprint density at radius 3 is 2.38 bits per heavy atom. The third kappa shape index (κ3) is 4.71. The molecular formula is C20H28N4O2. The highest BCUT2D eigenvalue weighted by molar-refractivity contribution is 5.78. The summed E-state index contributed by atoms with van der Waals surface area (Å²) in [6, 6.07) is 9.95. The predicted molar refractivity (Wildman–Crippen MR) is 102 cm³/mol. The monoisotopic (exact) mass is 356 g/mol. The Bertz CT molecular complexity index is 689. The Morgan fingerprint density at radius 2 is 1.73 bits per heavy atom. The van der Waals surface area contributed by atoms with Crippen molar-refractivity contribution >= 4 is 5.91 Å². The molecule has 3 rings (SSSR count). The SMILES string of the molecule is CCN(CC)C(=O)CN1CCN(Cc2coc(-c3ccccc3)n2)CC1. The third-order valence-corrected chi connectivity index (χ3v) is 4.90. The first kappa shape index (κ1) is 18.6. The van der Waals surface area contributed by atoms with Gasteiger partial charge in [0, 0.05) is 51.4 Å². The molecule has 6 nitrogen and oxygen atoms in total. The number of carbonyl (C=O) groups is 1. The second-order valence-corrected chi connectivity index (χ2v) is 6.63. The molecule has 1 aliphatic rings. The van der Waals surface area contributed by atoms with Gasteiger partial charge in [0.25, 0.3) is 0 Å². The number of hydrogen-bond acceptors (Lipinski definition) is 5. The zero-order valence-corrected chi connectivity index (χ0v) is 15.7. The van der Waals surface area contributed by atoms with Gasteiger partial charge in [0.2, 0.25) is 11.8 Å². The normalized spacial score (nSPS) is 15.9. The topological polar surface area (TPSA) is 52.8 Å². The van der Waals surface area contributed by atoms with Crippen molar-refractivity contribution in [1.29, 1.82) is 0 Å². The molecule has 2 aromatic rings. The van der Waals surface area contributed by atoms with Crippen LogP contribution in [0.25, 0.3) is 11.5 Å². The summed E-state index contributed by atoms with van der Waals surface area (Å²) < 4.78 is 5.62. The van der Waals surface area contributed by atoms with Crippen LogP contribution in [0, 0.1) is 0 Å². The van der Waals surface area contributed by atoms with Crippen LogP contribution in [0.15, 0.2) is 41.0 Å². The van der Waals surface area contributed by atoms with E-state index in [9.17, 15) is 4.79 Å². The van der Waals surface area contributed by atoms with Crippen LogP contribution in [-0.4, -0.2) is 71.4 Å². The number of likely N-dealkylation sites (N-methyl/N-ethyl adjacent to an activating group) is 1. The molecule has 0 saturated carbocycles. The number of hydrogen-bond donors (Lipinski definition) is 0. The molecule has 1 aliphatic heterocycles. The van der Waals surface area contributed by atoms with Crippen LogP contribution in [-0.2, 0) is 11.3 Å². The summed E-state index contributed by atoms with van der Waals surface area (Å²) in [4.78, 5) is 23.3. The highest BCUT2D eigenvalue weighted by atomic mass is 16.3. The number of aromatic nitrogens is 1. The Morgan fingerprint density at radius 1 is 1.08 bits per heavy atom. The number of rotatable bonds is 7. The minimum Gasteiger partial charge on any atom is -0.444 e. The van der Waals surface area contributed by atoms with Gasteiger partial charge in [0.05, 0.1) is 12.2 Å². The van der Waals surface area contributed by atoms with Crippen LogP contribution in [0.2, 0.25) is 0 Å². The average molecular weight is 356 g/mol. The van der Waals surface area contributed by atoms with Crippen LogP contribution in [0.4, 0.5) is 0 Å². The summed E-state index contributed by atoms with van der Waals surface area (Å²) >= 11 is 0. The Labute approximate surface area is 155 Å². The first-order valence-corrected chi connectivity index (χ1v) is 9.42. The van der Waals surface area contributed by atoms with Crippen molar-refractivity contribution in [1.82, 2.24) is 19.7 Å². The molecule has 0 atom stereocenters. The van der Waals surface area contributed by atoms with Gasteiger partial charge in [-0.25, -0.2) is 4.98 Å². The van der Waals surface area contributed by atoms with E-state index in [1.54, 1.807) is 6.26 Å². The molecule has 0 radical (unpaired) electrons. The van der Waals surface area contributed by atoms with E-state index < -0.39 is 0 Å². The molecule has 0 aliphatic carbocycles. The fraction of sp³-hybridized carbons (Fsp3) is 0.500. The number of carbonyl (C=O) groups excluding carboxylic acids is 1. The van der Waals surface area contributed by atoms with Gasteiger partial charge in [-0.05, 0) is 26.0 Å². The fourth-order valence-electron chi connectivity index (χ4n) is 3.30. The lowest BCUT2D eigenvalue weighted by Gasteiger charge is -2.34. The molecule has 0 bridgehead atoms. The first-order valence-electron chi connectivity index (χ1n) is 9.42. The fourth-order valence-corrected chi connectivity index (χ4v) is 3.30. The van der Waals surface area contributed by atoms with Crippen molar-refractivity contribution in [3.63, 3.8) is 0 Å². The number of amides is 1. The highest BCUT2D eigenvalue weighted by Gasteiger charge is 2.21. The number of oxazole rings is 1. The number of nitrogens with zero attached hydrogens (tertiary/aromatic N) is 4. The largest absolute Gasteiger partial charge is 0.444 e. The summed E-state index contributed by atoms with van der Waals surface area (Å²) in [5.41, 5.74) is 1.95. The summed E-state index contributed by atoms with van der Waals surface area (Å²) in [7, 11) is 0. The standard InChI is InChI=1S/C20H28N4O2/c1-3-24(4-2)19(25)15-23-12-10-22(11-13-23)14-18-16-26-20(21-18)17-8-6-5-7-9-17/h5-9,16H,3-4,10-15H2,1-2H3. The van der Waals surface area contributed by atoms with E-state index in [0.29, 0.717) is 12.4 Å². The number of benzene rings is 1. The molecular weight excluding hydrogens is 328 g/mol. The molecule has 1 amide bonds. The van der Waals surface area contributed by atoms with Gasteiger partial charge >= 0.3 is 0 Å². The van der Waals surface area contributed by atoms with Crippen molar-refractivity contribution < 1.29 is 9.21 Å². The Kier molecular flexibility index (Phi) is 6.41. The van der Waals surface area contributed by atoms with Crippen LogP contribution < -0.4 is 0 Å². The molecule has 1 aromatic heterocycles. The molecule has 0 spiro atoms. The molecule has 26 heavy (non-hydrogen) atoms. The lowest BCUT2D eigenvalue weighted by atomic mass is 10.2. The maximum absolute atomic E-state index is 12.2. The second kappa shape index (κ2) is 8.96. The van der Waals surface area contributed by atoms with Gasteiger partial charge in [-0.2, -0.15) is 0 Å². The first-order chi connectivity index (χ1) is 12.7. The van der Waals surface area contributed by atoms with Gasteiger partial charge in [-0.1, -0.05) is 18.2 Å². The summed E-state index contributed by atoms with van der Waals surface area (Å²) in [6.07, 6.45) is 1.75. The van der Waals surface area contributed by atoms with E-state index in [1.165, 1.54) is 0 Å². The van der Waals surface area contributed by atoms with Crippen LogP contribution in [0.1, 0.15) is 19.5 Å². The molecule has 1 fully saturated rings. The maximum Gasteiger partial charge on any atom is 0.236 e. The molecule has 0 N–H and O–H groups in total. The molecule has 2 heterocycles. The molecule has 6 heteroatoms. The van der Waals surface area contributed by atoms with Crippen molar-refractivity contribution in [2.75, 3.05) is 45.8 Å². The van der Waals surface area contributed by atoms with E-state index in [1.807, 2.05) is 49.1 Å². The van der Waals surface area contributed by atoms with E-state index in [0.717, 1.165) is 57.1 Å². The van der Waals surface area contributed by atoms with Crippen LogP contribution in [0.5, 0.6) is 0 Å². The minimum atomic E-state index is 0.229. The Balaban J connectivity index is 1.47. The van der Waals surface area contributed by atoms with Gasteiger partial charge in [-0.15, -0.1) is 0 Å². The molecule has 1 aromatic carbocycles. The van der Waals surface area contributed by atoms with Gasteiger partial charge in [0.1, 0.15) is 6.26 Å². The lowest BCUT2D eigenvalue weighted by molar-refractivity contribution is -0.132. The predicted octanol–water partition coefficient (Wildman–Crippen LogP) is 2.33. The second-order valence-electron chi connectivity index (χ2n) is 6.63. The zero-order chi connectivity index (χ0) is 18.4. The maximum atomic E-state index is 12.2. The van der Waals surface area contributed by atoms with Crippen molar-refractivity contribution in [3.05, 3.63) is 42.3 Å². The highest BCUT2D eigenvalue weighted by Crippen LogP contribution is 2.19. The lowest BCUT2D eigenvalue weighted by Crippen LogP contribution is -2.49. The summed E-state index contributed by atoms with van der Waals surface area (Å²) in [5, 5.41) is 0. The summed E-state index contributed by atoms with van der Waals surface area (Å²) in [5.74, 6) is 0.900. The molecule has 0 unspecified atom stereocenters. The van der Waals surface area contributed by atoms with E-state index >= 15 is 0 Å². The van der Waals surface area contributed by atoms with Gasteiger partial charge < -0.3 is 9.32 Å². The average Bonchev–Trinajstić information content (AvgIpc) is 3.14. The smallest absolute Gasteiger partial charge is 0.236 e.